The van der Waals surface area contributed by atoms with E-state index in [1.54, 1.807) is 18.2 Å². The molecule has 1 rings (SSSR count). The first-order valence-corrected chi connectivity index (χ1v) is 6.42. The summed E-state index contributed by atoms with van der Waals surface area (Å²) in [4.78, 5) is 11.9. The summed E-state index contributed by atoms with van der Waals surface area (Å²) in [6.45, 7) is 1.88. The van der Waals surface area contributed by atoms with Gasteiger partial charge in [-0.05, 0) is 24.6 Å². The van der Waals surface area contributed by atoms with E-state index in [9.17, 15) is 4.79 Å². The highest BCUT2D eigenvalue weighted by Gasteiger charge is 2.12. The second-order valence-corrected chi connectivity index (χ2v) is 4.88. The van der Waals surface area contributed by atoms with Crippen LogP contribution >= 0.6 is 35.4 Å². The maximum Gasteiger partial charge on any atom is 0.319 e. The molecular weight excluding hydrogens is 293 g/mol. The molecule has 0 radical (unpaired) electrons. The Morgan fingerprint density at radius 3 is 2.61 bits per heavy atom. The van der Waals surface area contributed by atoms with E-state index in [2.05, 4.69) is 10.6 Å². The minimum atomic E-state index is -0.395. The van der Waals surface area contributed by atoms with Crippen molar-refractivity contribution in [2.24, 2.45) is 5.73 Å². The Bertz CT molecular complexity index is 468. The summed E-state index contributed by atoms with van der Waals surface area (Å²) < 4.78 is 0. The predicted octanol–water partition coefficient (Wildman–Crippen LogP) is 3.18. The van der Waals surface area contributed by atoms with Crippen LogP contribution in [-0.4, -0.2) is 17.1 Å². The molecule has 4 N–H and O–H groups in total. The van der Waals surface area contributed by atoms with Crippen molar-refractivity contribution in [1.82, 2.24) is 5.32 Å². The van der Waals surface area contributed by atoms with E-state index in [1.165, 1.54) is 0 Å². The molecule has 0 bridgehead atoms. The Morgan fingerprint density at radius 2 is 2.11 bits per heavy atom. The molecule has 1 aromatic rings. The van der Waals surface area contributed by atoms with Gasteiger partial charge in [0.05, 0.1) is 21.1 Å². The lowest BCUT2D eigenvalue weighted by atomic mass is 10.2. The van der Waals surface area contributed by atoms with Gasteiger partial charge in [0.1, 0.15) is 0 Å². The Morgan fingerprint density at radius 1 is 1.44 bits per heavy atom. The number of rotatable bonds is 4. The monoisotopic (exact) mass is 305 g/mol. The molecular formula is C11H13Cl2N3OS. The van der Waals surface area contributed by atoms with Crippen LogP contribution in [0.3, 0.4) is 0 Å². The van der Waals surface area contributed by atoms with E-state index in [-0.39, 0.29) is 11.0 Å². The lowest BCUT2D eigenvalue weighted by molar-refractivity contribution is 0.250. The molecule has 0 aliphatic heterocycles. The highest BCUT2D eigenvalue weighted by Crippen LogP contribution is 2.24. The average molecular weight is 306 g/mol. The number of carbonyl (C=O) groups excluding carboxylic acids is 1. The SMILES string of the molecule is CCC(NC(=O)Nc1ccc(Cl)c(Cl)c1)C(N)=S. The van der Waals surface area contributed by atoms with Gasteiger partial charge in [-0.1, -0.05) is 42.3 Å². The zero-order valence-corrected chi connectivity index (χ0v) is 12.0. The number of carbonyl (C=O) groups is 1. The van der Waals surface area contributed by atoms with Crippen LogP contribution in [-0.2, 0) is 0 Å². The van der Waals surface area contributed by atoms with Crippen LogP contribution in [0.4, 0.5) is 10.5 Å². The number of amides is 2. The summed E-state index contributed by atoms with van der Waals surface area (Å²) in [5.74, 6) is 0. The predicted molar refractivity (Wildman–Crippen MR) is 79.5 cm³/mol. The second kappa shape index (κ2) is 6.78. The summed E-state index contributed by atoms with van der Waals surface area (Å²) in [6.07, 6.45) is 0.629. The first kappa shape index (κ1) is 15.0. The third-order valence-electron chi connectivity index (χ3n) is 2.23. The molecule has 18 heavy (non-hydrogen) atoms. The van der Waals surface area contributed by atoms with Crippen LogP contribution in [0.15, 0.2) is 18.2 Å². The summed E-state index contributed by atoms with van der Waals surface area (Å²) >= 11 is 16.4. The van der Waals surface area contributed by atoms with Crippen molar-refractivity contribution >= 4 is 52.1 Å². The highest BCUT2D eigenvalue weighted by molar-refractivity contribution is 7.80. The molecule has 2 amide bonds. The zero-order valence-electron chi connectivity index (χ0n) is 9.67. The fourth-order valence-corrected chi connectivity index (χ4v) is 1.80. The van der Waals surface area contributed by atoms with Crippen molar-refractivity contribution in [2.75, 3.05) is 5.32 Å². The molecule has 0 aliphatic rings. The van der Waals surface area contributed by atoms with Crippen molar-refractivity contribution < 1.29 is 4.79 Å². The fraction of sp³-hybridized carbons (Fsp3) is 0.273. The number of hydrogen-bond acceptors (Lipinski definition) is 2. The lowest BCUT2D eigenvalue weighted by Gasteiger charge is -2.16. The summed E-state index contributed by atoms with van der Waals surface area (Å²) in [5, 5.41) is 6.08. The van der Waals surface area contributed by atoms with Gasteiger partial charge in [0.2, 0.25) is 0 Å². The number of nitrogens with one attached hydrogen (secondary N) is 2. The molecule has 4 nitrogen and oxygen atoms in total. The zero-order chi connectivity index (χ0) is 13.7. The number of benzene rings is 1. The molecule has 0 saturated heterocycles. The van der Waals surface area contributed by atoms with Crippen LogP contribution in [0.5, 0.6) is 0 Å². The van der Waals surface area contributed by atoms with Crippen LogP contribution in [0.25, 0.3) is 0 Å². The van der Waals surface area contributed by atoms with E-state index in [1.807, 2.05) is 6.92 Å². The van der Waals surface area contributed by atoms with Crippen molar-refractivity contribution in [2.45, 2.75) is 19.4 Å². The van der Waals surface area contributed by atoms with Crippen LogP contribution < -0.4 is 16.4 Å². The third kappa shape index (κ3) is 4.33. The lowest BCUT2D eigenvalue weighted by Crippen LogP contribution is -2.44. The minimum Gasteiger partial charge on any atom is -0.392 e. The number of urea groups is 1. The summed E-state index contributed by atoms with van der Waals surface area (Å²) in [7, 11) is 0. The van der Waals surface area contributed by atoms with Crippen LogP contribution in [0, 0.1) is 0 Å². The van der Waals surface area contributed by atoms with Gasteiger partial charge in [-0.3, -0.25) is 0 Å². The molecule has 0 saturated carbocycles. The molecule has 1 unspecified atom stereocenters. The molecule has 0 aliphatic carbocycles. The number of anilines is 1. The van der Waals surface area contributed by atoms with Gasteiger partial charge in [-0.25, -0.2) is 4.79 Å². The molecule has 0 heterocycles. The number of hydrogen-bond donors (Lipinski definition) is 3. The summed E-state index contributed by atoms with van der Waals surface area (Å²) in [6, 6.07) is 4.08. The van der Waals surface area contributed by atoms with Gasteiger partial charge in [-0.15, -0.1) is 0 Å². The van der Waals surface area contributed by atoms with E-state index in [0.29, 0.717) is 22.2 Å². The average Bonchev–Trinajstić information content (AvgIpc) is 2.30. The quantitative estimate of drug-likeness (QED) is 0.748. The molecule has 0 fully saturated rings. The van der Waals surface area contributed by atoms with Gasteiger partial charge in [-0.2, -0.15) is 0 Å². The van der Waals surface area contributed by atoms with E-state index >= 15 is 0 Å². The first-order valence-electron chi connectivity index (χ1n) is 5.26. The van der Waals surface area contributed by atoms with E-state index in [4.69, 9.17) is 41.2 Å². The molecule has 98 valence electrons. The highest BCUT2D eigenvalue weighted by atomic mass is 35.5. The van der Waals surface area contributed by atoms with Crippen molar-refractivity contribution in [3.8, 4) is 0 Å². The Balaban J connectivity index is 2.64. The Hall–Kier alpha value is -1.04. The van der Waals surface area contributed by atoms with Gasteiger partial charge in [0.25, 0.3) is 0 Å². The van der Waals surface area contributed by atoms with Gasteiger partial charge < -0.3 is 16.4 Å². The van der Waals surface area contributed by atoms with Gasteiger partial charge >= 0.3 is 6.03 Å². The maximum atomic E-state index is 11.7. The normalized spacial score (nSPS) is 11.7. The molecule has 0 spiro atoms. The van der Waals surface area contributed by atoms with Crippen LogP contribution in [0.2, 0.25) is 10.0 Å². The van der Waals surface area contributed by atoms with Crippen molar-refractivity contribution in [3.63, 3.8) is 0 Å². The summed E-state index contributed by atoms with van der Waals surface area (Å²) in [5.41, 5.74) is 6.02. The van der Waals surface area contributed by atoms with Crippen molar-refractivity contribution in [1.29, 1.82) is 0 Å². The third-order valence-corrected chi connectivity index (χ3v) is 3.26. The van der Waals surface area contributed by atoms with E-state index in [0.717, 1.165) is 0 Å². The smallest absolute Gasteiger partial charge is 0.319 e. The topological polar surface area (TPSA) is 67.2 Å². The Labute approximate surface area is 121 Å². The van der Waals surface area contributed by atoms with Crippen LogP contribution in [0.1, 0.15) is 13.3 Å². The van der Waals surface area contributed by atoms with E-state index < -0.39 is 6.03 Å². The largest absolute Gasteiger partial charge is 0.392 e. The molecule has 7 heteroatoms. The maximum absolute atomic E-state index is 11.7. The number of thiocarbonyl (C=S) groups is 1. The van der Waals surface area contributed by atoms with Crippen molar-refractivity contribution in [3.05, 3.63) is 28.2 Å². The Kier molecular flexibility index (Phi) is 5.65. The minimum absolute atomic E-state index is 0.252. The standard InChI is InChI=1S/C11H13Cl2N3OS/c1-2-9(10(14)18)16-11(17)15-6-3-4-7(12)8(13)5-6/h3-5,9H,2H2,1H3,(H2,14,18)(H2,15,16,17). The molecule has 1 aromatic carbocycles. The first-order chi connectivity index (χ1) is 8.43. The number of halogens is 2. The number of nitrogens with two attached hydrogens (primary N) is 1. The molecule has 1 atom stereocenters. The molecule has 0 aromatic heterocycles. The second-order valence-electron chi connectivity index (χ2n) is 3.59. The van der Waals surface area contributed by atoms with Gasteiger partial charge in [0.15, 0.2) is 0 Å². The van der Waals surface area contributed by atoms with Gasteiger partial charge in [0, 0.05) is 5.69 Å². The fourth-order valence-electron chi connectivity index (χ4n) is 1.27.